The van der Waals surface area contributed by atoms with Gasteiger partial charge in [-0.05, 0) is 91.7 Å². The molecule has 3 aromatic rings. The van der Waals surface area contributed by atoms with Crippen molar-refractivity contribution < 1.29 is 19.5 Å². The molecule has 0 unspecified atom stereocenters. The van der Waals surface area contributed by atoms with Gasteiger partial charge in [0, 0.05) is 35.2 Å². The maximum atomic E-state index is 13.4. The van der Waals surface area contributed by atoms with E-state index in [1.807, 2.05) is 41.1 Å². The number of aromatic nitrogens is 1. The maximum absolute atomic E-state index is 13.4. The van der Waals surface area contributed by atoms with Gasteiger partial charge in [-0.25, -0.2) is 10.9 Å². The van der Waals surface area contributed by atoms with Crippen molar-refractivity contribution in [1.29, 1.82) is 0 Å². The first-order valence-corrected chi connectivity index (χ1v) is 12.8. The van der Waals surface area contributed by atoms with E-state index in [-0.39, 0.29) is 5.91 Å². The van der Waals surface area contributed by atoms with Gasteiger partial charge in [0.2, 0.25) is 0 Å². The van der Waals surface area contributed by atoms with Gasteiger partial charge in [0.05, 0.1) is 12.7 Å². The highest BCUT2D eigenvalue weighted by Crippen LogP contribution is 2.53. The van der Waals surface area contributed by atoms with Crippen LogP contribution in [0.2, 0.25) is 0 Å². The molecule has 4 bridgehead atoms. The fraction of sp³-hybridized carbons (Fsp3) is 0.429. The number of carbonyl (C=O) groups excluding carboxylic acids is 2. The van der Waals surface area contributed by atoms with Gasteiger partial charge in [0.1, 0.15) is 5.75 Å². The molecule has 2 aromatic carbocycles. The lowest BCUT2D eigenvalue weighted by Gasteiger charge is -2.54. The Hall–Kier alpha value is -3.36. The summed E-state index contributed by atoms with van der Waals surface area (Å²) in [4.78, 5) is 25.0. The first-order chi connectivity index (χ1) is 17.5. The Bertz CT molecular complexity index is 1270. The number of carbonyl (C=O) groups is 2. The van der Waals surface area contributed by atoms with Crippen molar-refractivity contribution in [3.8, 4) is 5.75 Å². The van der Waals surface area contributed by atoms with Crippen molar-refractivity contribution in [2.75, 3.05) is 7.11 Å². The summed E-state index contributed by atoms with van der Waals surface area (Å²) in [6, 6.07) is 13.1. The summed E-state index contributed by atoms with van der Waals surface area (Å²) in [5, 5.41) is 9.67. The second kappa shape index (κ2) is 9.26. The second-order valence-electron chi connectivity index (χ2n) is 10.7. The lowest BCUT2D eigenvalue weighted by atomic mass is 9.54. The maximum Gasteiger partial charge on any atom is 0.274 e. The molecule has 4 N–H and O–H groups in total. The summed E-state index contributed by atoms with van der Waals surface area (Å²) in [5.41, 5.74) is 11.0. The van der Waals surface area contributed by atoms with E-state index in [4.69, 9.17) is 9.94 Å². The molecule has 4 saturated carbocycles. The van der Waals surface area contributed by atoms with Crippen LogP contribution in [0, 0.1) is 23.7 Å². The zero-order valence-corrected chi connectivity index (χ0v) is 20.4. The van der Waals surface area contributed by atoms with Crippen LogP contribution in [0.1, 0.15) is 58.4 Å². The number of benzene rings is 2. The Morgan fingerprint density at radius 2 is 1.67 bits per heavy atom. The number of fused-ring (bicyclic) bond motifs is 1. The Morgan fingerprint density at radius 3 is 2.31 bits per heavy atom. The molecule has 0 radical (unpaired) electrons. The molecule has 4 fully saturated rings. The zero-order valence-electron chi connectivity index (χ0n) is 20.4. The van der Waals surface area contributed by atoms with Crippen LogP contribution < -0.4 is 21.1 Å². The van der Waals surface area contributed by atoms with E-state index < -0.39 is 5.91 Å². The Kier molecular flexibility index (Phi) is 5.93. The van der Waals surface area contributed by atoms with Crippen LogP contribution in [-0.2, 0) is 6.54 Å². The molecule has 0 spiro atoms. The molecule has 8 heteroatoms. The molecule has 188 valence electrons. The SMILES string of the molecule is COc1ccc2c(c1)c(C(=O)NNC1C3CC4CC(C3)CC1C4)cn2Cc1ccc(C(=O)NO)cc1. The predicted octanol–water partition coefficient (Wildman–Crippen LogP) is 3.88. The molecule has 1 heterocycles. The first kappa shape index (κ1) is 23.1. The number of hydrogen-bond acceptors (Lipinski definition) is 5. The van der Waals surface area contributed by atoms with Gasteiger partial charge in [0.25, 0.3) is 11.8 Å². The predicted molar refractivity (Wildman–Crippen MR) is 135 cm³/mol. The number of nitrogens with one attached hydrogen (secondary N) is 3. The second-order valence-corrected chi connectivity index (χ2v) is 10.7. The normalized spacial score (nSPS) is 26.2. The summed E-state index contributed by atoms with van der Waals surface area (Å²) in [7, 11) is 1.62. The van der Waals surface area contributed by atoms with Gasteiger partial charge < -0.3 is 9.30 Å². The van der Waals surface area contributed by atoms with Gasteiger partial charge in [-0.3, -0.25) is 20.2 Å². The summed E-state index contributed by atoms with van der Waals surface area (Å²) in [6.45, 7) is 0.528. The van der Waals surface area contributed by atoms with Crippen LogP contribution in [0.4, 0.5) is 0 Å². The van der Waals surface area contributed by atoms with Gasteiger partial charge in [-0.2, -0.15) is 0 Å². The quantitative estimate of drug-likeness (QED) is 0.299. The molecule has 0 aliphatic heterocycles. The molecular formula is C28H32N4O4. The van der Waals surface area contributed by atoms with Crippen LogP contribution in [0.5, 0.6) is 5.75 Å². The molecule has 4 aliphatic carbocycles. The van der Waals surface area contributed by atoms with E-state index in [9.17, 15) is 9.59 Å². The first-order valence-electron chi connectivity index (χ1n) is 12.8. The van der Waals surface area contributed by atoms with E-state index in [2.05, 4.69) is 10.9 Å². The van der Waals surface area contributed by atoms with Crippen molar-refractivity contribution in [3.63, 3.8) is 0 Å². The lowest BCUT2D eigenvalue weighted by Crippen LogP contribution is -2.58. The topological polar surface area (TPSA) is 105 Å². The minimum Gasteiger partial charge on any atom is -0.497 e. The fourth-order valence-electron chi connectivity index (χ4n) is 7.11. The molecule has 2 amide bonds. The third kappa shape index (κ3) is 4.14. The molecule has 4 aliphatic rings. The number of hydrogen-bond donors (Lipinski definition) is 4. The number of nitrogens with zero attached hydrogens (tertiary/aromatic N) is 1. The smallest absolute Gasteiger partial charge is 0.274 e. The van der Waals surface area contributed by atoms with E-state index >= 15 is 0 Å². The lowest BCUT2D eigenvalue weighted by molar-refractivity contribution is -0.0179. The van der Waals surface area contributed by atoms with Crippen molar-refractivity contribution >= 4 is 22.7 Å². The minimum absolute atomic E-state index is 0.143. The minimum atomic E-state index is -0.550. The molecule has 36 heavy (non-hydrogen) atoms. The zero-order chi connectivity index (χ0) is 24.8. The summed E-state index contributed by atoms with van der Waals surface area (Å²) in [6.07, 6.45) is 8.44. The van der Waals surface area contributed by atoms with E-state index in [0.29, 0.717) is 41.3 Å². The number of hydrazine groups is 1. The molecule has 7 rings (SSSR count). The van der Waals surface area contributed by atoms with E-state index in [0.717, 1.165) is 28.3 Å². The van der Waals surface area contributed by atoms with Crippen LogP contribution in [0.3, 0.4) is 0 Å². The molecule has 0 atom stereocenters. The van der Waals surface area contributed by atoms with Crippen molar-refractivity contribution in [3.05, 3.63) is 65.4 Å². The van der Waals surface area contributed by atoms with E-state index in [1.165, 1.54) is 32.1 Å². The average Bonchev–Trinajstić information content (AvgIpc) is 3.25. The highest BCUT2D eigenvalue weighted by molar-refractivity contribution is 6.07. The highest BCUT2D eigenvalue weighted by Gasteiger charge is 2.48. The Morgan fingerprint density at radius 1 is 0.972 bits per heavy atom. The summed E-state index contributed by atoms with van der Waals surface area (Å²) < 4.78 is 7.47. The van der Waals surface area contributed by atoms with Crippen LogP contribution >= 0.6 is 0 Å². The largest absolute Gasteiger partial charge is 0.497 e. The highest BCUT2D eigenvalue weighted by atomic mass is 16.5. The van der Waals surface area contributed by atoms with Gasteiger partial charge in [0.15, 0.2) is 0 Å². The standard InChI is InChI=1S/C28H32N4O4/c1-36-22-6-7-25-23(13-22)24(15-32(25)14-16-2-4-19(5-3-16)27(33)31-35)28(34)30-29-26-20-9-17-8-18(11-20)12-21(26)10-17/h2-7,13,15,17-18,20-21,26,29,35H,8-12,14H2,1H3,(H,30,34)(H,31,33). The monoisotopic (exact) mass is 488 g/mol. The third-order valence-corrected chi connectivity index (χ3v) is 8.58. The molecule has 1 aromatic heterocycles. The van der Waals surface area contributed by atoms with E-state index in [1.54, 1.807) is 24.7 Å². The molecule has 0 saturated heterocycles. The van der Waals surface area contributed by atoms with Crippen LogP contribution in [-0.4, -0.2) is 34.7 Å². The summed E-state index contributed by atoms with van der Waals surface area (Å²) >= 11 is 0. The number of methoxy groups -OCH3 is 1. The van der Waals surface area contributed by atoms with Crippen molar-refractivity contribution in [2.45, 2.75) is 44.7 Å². The summed E-state index contributed by atoms with van der Waals surface area (Å²) in [5.74, 6) is 3.11. The average molecular weight is 489 g/mol. The van der Waals surface area contributed by atoms with Gasteiger partial charge in [-0.15, -0.1) is 0 Å². The fourth-order valence-corrected chi connectivity index (χ4v) is 7.11. The number of ether oxygens (including phenoxy) is 1. The number of rotatable bonds is 7. The van der Waals surface area contributed by atoms with Crippen LogP contribution in [0.15, 0.2) is 48.7 Å². The van der Waals surface area contributed by atoms with Crippen molar-refractivity contribution in [2.24, 2.45) is 23.7 Å². The Balaban J connectivity index is 1.23. The Labute approximate surface area is 209 Å². The number of amides is 2. The van der Waals surface area contributed by atoms with Crippen molar-refractivity contribution in [1.82, 2.24) is 20.9 Å². The van der Waals surface area contributed by atoms with Crippen LogP contribution in [0.25, 0.3) is 10.9 Å². The van der Waals surface area contributed by atoms with Gasteiger partial charge in [-0.1, -0.05) is 12.1 Å². The molecular weight excluding hydrogens is 456 g/mol. The van der Waals surface area contributed by atoms with Gasteiger partial charge >= 0.3 is 0 Å². The number of hydroxylamine groups is 1. The molecule has 8 nitrogen and oxygen atoms in total. The third-order valence-electron chi connectivity index (χ3n) is 8.58.